The van der Waals surface area contributed by atoms with Gasteiger partial charge < -0.3 is 5.32 Å². The summed E-state index contributed by atoms with van der Waals surface area (Å²) in [7, 11) is 0.248. The topological polar surface area (TPSA) is 41.5 Å². The predicted molar refractivity (Wildman–Crippen MR) is 59.7 cm³/mol. The third-order valence-corrected chi connectivity index (χ3v) is 4.34. The smallest absolute Gasteiger partial charge is 0.0496 e. The molecule has 0 radical (unpaired) electrons. The van der Waals surface area contributed by atoms with Gasteiger partial charge >= 0.3 is 0 Å². The maximum atomic E-state index is 11.4. The lowest BCUT2D eigenvalue weighted by Gasteiger charge is -2.17. The van der Waals surface area contributed by atoms with Crippen molar-refractivity contribution < 1.29 is 4.21 Å². The zero-order chi connectivity index (χ0) is 10.2. The molecule has 1 saturated heterocycles. The zero-order valence-electron chi connectivity index (χ0n) is 9.01. The maximum absolute atomic E-state index is 11.4. The Kier molecular flexibility index (Phi) is 7.28. The molecule has 1 aliphatic heterocycles. The summed E-state index contributed by atoms with van der Waals surface area (Å²) in [5.41, 5.74) is 0. The Labute approximate surface area is 82.5 Å². The second kappa shape index (κ2) is 7.33. The van der Waals surface area contributed by atoms with E-state index in [2.05, 4.69) is 9.68 Å². The van der Waals surface area contributed by atoms with E-state index in [4.69, 9.17) is 0 Å². The molecule has 0 aromatic rings. The van der Waals surface area contributed by atoms with Crippen LogP contribution in [0, 0.1) is 0 Å². The van der Waals surface area contributed by atoms with Crippen molar-refractivity contribution in [2.45, 2.75) is 26.7 Å². The number of hydrogen-bond acceptors (Lipinski definition) is 3. The fourth-order valence-electron chi connectivity index (χ4n) is 1.01. The maximum Gasteiger partial charge on any atom is 0.0496 e. The quantitative estimate of drug-likeness (QED) is 0.708. The zero-order valence-corrected chi connectivity index (χ0v) is 9.82. The second-order valence-electron chi connectivity index (χ2n) is 2.84. The standard InChI is InChI=1S/C7H16N2OS.C2H6/c1-8-4-2-5-9-11(10)6-3-7-11;1-2/h8H,2-7H2,1H3;1-2H3. The van der Waals surface area contributed by atoms with Gasteiger partial charge in [0.05, 0.1) is 0 Å². The van der Waals surface area contributed by atoms with E-state index in [1.807, 2.05) is 20.9 Å². The first kappa shape index (κ1) is 12.9. The average molecular weight is 206 g/mol. The van der Waals surface area contributed by atoms with Gasteiger partial charge in [-0.3, -0.25) is 0 Å². The summed E-state index contributed by atoms with van der Waals surface area (Å²) in [5, 5.41) is 3.04. The van der Waals surface area contributed by atoms with Crippen LogP contribution in [-0.2, 0) is 9.73 Å². The van der Waals surface area contributed by atoms with Crippen LogP contribution in [0.2, 0.25) is 0 Å². The van der Waals surface area contributed by atoms with Crippen molar-refractivity contribution in [3.63, 3.8) is 0 Å². The van der Waals surface area contributed by atoms with E-state index in [1.54, 1.807) is 0 Å². The first-order valence-corrected chi connectivity index (χ1v) is 6.95. The molecule has 0 amide bonds. The highest BCUT2D eigenvalue weighted by molar-refractivity contribution is 7.94. The fraction of sp³-hybridized carbons (Fsp3) is 1.00. The summed E-state index contributed by atoms with van der Waals surface area (Å²) in [4.78, 5) is 0. The summed E-state index contributed by atoms with van der Waals surface area (Å²) in [6.45, 7) is 5.73. The van der Waals surface area contributed by atoms with Crippen LogP contribution in [0.5, 0.6) is 0 Å². The summed E-state index contributed by atoms with van der Waals surface area (Å²) in [5.74, 6) is 1.68. The van der Waals surface area contributed by atoms with Crippen LogP contribution in [0.15, 0.2) is 4.36 Å². The molecule has 1 aliphatic rings. The van der Waals surface area contributed by atoms with Crippen LogP contribution >= 0.6 is 0 Å². The first-order chi connectivity index (χ1) is 6.27. The van der Waals surface area contributed by atoms with Gasteiger partial charge in [-0.25, -0.2) is 8.57 Å². The largest absolute Gasteiger partial charge is 0.320 e. The molecular weight excluding hydrogens is 184 g/mol. The van der Waals surface area contributed by atoms with Gasteiger partial charge in [-0.1, -0.05) is 13.8 Å². The Balaban J connectivity index is 0.000000671. The Morgan fingerprint density at radius 2 is 2.00 bits per heavy atom. The molecule has 1 heterocycles. The Hall–Kier alpha value is -0.0900. The number of rotatable bonds is 4. The van der Waals surface area contributed by atoms with Crippen molar-refractivity contribution in [2.75, 3.05) is 31.6 Å². The molecule has 13 heavy (non-hydrogen) atoms. The highest BCUT2D eigenvalue weighted by Crippen LogP contribution is 2.12. The molecule has 0 aliphatic carbocycles. The van der Waals surface area contributed by atoms with Gasteiger partial charge in [0.15, 0.2) is 0 Å². The SMILES string of the molecule is CC.CNCCCN=S1(=O)CCC1. The van der Waals surface area contributed by atoms with Crippen LogP contribution < -0.4 is 5.32 Å². The Morgan fingerprint density at radius 1 is 1.38 bits per heavy atom. The van der Waals surface area contributed by atoms with E-state index < -0.39 is 9.73 Å². The van der Waals surface area contributed by atoms with Gasteiger partial charge in [0.1, 0.15) is 0 Å². The van der Waals surface area contributed by atoms with Gasteiger partial charge in [0.2, 0.25) is 0 Å². The number of hydrogen-bond donors (Lipinski definition) is 1. The van der Waals surface area contributed by atoms with Crippen LogP contribution in [0.25, 0.3) is 0 Å². The monoisotopic (exact) mass is 206 g/mol. The van der Waals surface area contributed by atoms with E-state index in [9.17, 15) is 4.21 Å². The Morgan fingerprint density at radius 3 is 2.38 bits per heavy atom. The van der Waals surface area contributed by atoms with Crippen LogP contribution in [0.4, 0.5) is 0 Å². The van der Waals surface area contributed by atoms with Crippen molar-refractivity contribution in [1.29, 1.82) is 0 Å². The number of nitrogens with zero attached hydrogens (tertiary/aromatic N) is 1. The molecule has 1 N–H and O–H groups in total. The summed E-state index contributed by atoms with van der Waals surface area (Å²) < 4.78 is 15.6. The third-order valence-electron chi connectivity index (χ3n) is 1.84. The molecule has 0 aromatic heterocycles. The van der Waals surface area contributed by atoms with Crippen molar-refractivity contribution in [3.8, 4) is 0 Å². The summed E-state index contributed by atoms with van der Waals surface area (Å²) in [6.07, 6.45) is 2.11. The lowest BCUT2D eigenvalue weighted by atomic mass is 10.4. The van der Waals surface area contributed by atoms with Gasteiger partial charge in [-0.2, -0.15) is 0 Å². The molecule has 0 saturated carbocycles. The van der Waals surface area contributed by atoms with Crippen molar-refractivity contribution in [3.05, 3.63) is 0 Å². The molecule has 0 atom stereocenters. The van der Waals surface area contributed by atoms with E-state index >= 15 is 0 Å². The average Bonchev–Trinajstić information content (AvgIpc) is 2.13. The van der Waals surface area contributed by atoms with Crippen molar-refractivity contribution in [2.24, 2.45) is 4.36 Å². The molecule has 0 unspecified atom stereocenters. The van der Waals surface area contributed by atoms with E-state index in [-0.39, 0.29) is 0 Å². The molecule has 0 spiro atoms. The predicted octanol–water partition coefficient (Wildman–Crippen LogP) is 1.49. The lowest BCUT2D eigenvalue weighted by molar-refractivity contribution is 0.657. The van der Waals surface area contributed by atoms with E-state index in [0.29, 0.717) is 0 Å². The van der Waals surface area contributed by atoms with Gasteiger partial charge in [0, 0.05) is 27.8 Å². The summed E-state index contributed by atoms with van der Waals surface area (Å²) >= 11 is 0. The lowest BCUT2D eigenvalue weighted by Crippen LogP contribution is -2.24. The molecule has 0 aromatic carbocycles. The van der Waals surface area contributed by atoms with Gasteiger partial charge in [-0.05, 0) is 26.4 Å². The van der Waals surface area contributed by atoms with Crippen LogP contribution in [0.1, 0.15) is 26.7 Å². The van der Waals surface area contributed by atoms with Gasteiger partial charge in [-0.15, -0.1) is 0 Å². The Bertz CT molecular complexity index is 210. The van der Waals surface area contributed by atoms with Crippen LogP contribution in [0.3, 0.4) is 0 Å². The van der Waals surface area contributed by atoms with E-state index in [1.165, 1.54) is 0 Å². The summed E-state index contributed by atoms with van der Waals surface area (Å²) in [6, 6.07) is 0. The van der Waals surface area contributed by atoms with Crippen LogP contribution in [-0.4, -0.2) is 35.9 Å². The first-order valence-electron chi connectivity index (χ1n) is 5.10. The minimum Gasteiger partial charge on any atom is -0.320 e. The second-order valence-corrected chi connectivity index (χ2v) is 5.46. The minimum absolute atomic E-state index is 0.764. The molecule has 1 fully saturated rings. The molecule has 1 rings (SSSR count). The highest BCUT2D eigenvalue weighted by atomic mass is 32.2. The van der Waals surface area contributed by atoms with Gasteiger partial charge in [0.25, 0.3) is 0 Å². The normalized spacial score (nSPS) is 18.1. The fourth-order valence-corrected chi connectivity index (χ4v) is 2.51. The minimum atomic E-state index is -1.67. The third kappa shape index (κ3) is 5.26. The molecular formula is C9H22N2OS. The molecule has 4 heteroatoms. The highest BCUT2D eigenvalue weighted by Gasteiger charge is 2.17. The molecule has 80 valence electrons. The molecule has 0 bridgehead atoms. The van der Waals surface area contributed by atoms with E-state index in [0.717, 1.165) is 37.4 Å². The van der Waals surface area contributed by atoms with Crippen molar-refractivity contribution >= 4 is 9.73 Å². The van der Waals surface area contributed by atoms with Crippen molar-refractivity contribution in [1.82, 2.24) is 5.32 Å². The molecule has 3 nitrogen and oxygen atoms in total. The number of nitrogens with one attached hydrogen (secondary N) is 1.